The minimum Gasteiger partial charge on any atom is -0.496 e. The Morgan fingerprint density at radius 1 is 1.56 bits per heavy atom. The number of ether oxygens (including phenoxy) is 1. The molecule has 18 heavy (non-hydrogen) atoms. The van der Waals surface area contributed by atoms with E-state index in [1.54, 1.807) is 31.0 Å². The fraction of sp³-hybridized carbons (Fsp3) is 0.500. The molecule has 0 heterocycles. The average Bonchev–Trinajstić information content (AvgIpc) is 2.34. The van der Waals surface area contributed by atoms with Gasteiger partial charge in [0.25, 0.3) is 5.69 Å². The van der Waals surface area contributed by atoms with E-state index in [1.807, 2.05) is 6.92 Å². The summed E-state index contributed by atoms with van der Waals surface area (Å²) in [4.78, 5) is 10.3. The molecule has 1 unspecified atom stereocenters. The van der Waals surface area contributed by atoms with Crippen molar-refractivity contribution in [2.75, 3.05) is 12.9 Å². The highest BCUT2D eigenvalue weighted by atomic mass is 32.2. The molecule has 6 heteroatoms. The van der Waals surface area contributed by atoms with Crippen molar-refractivity contribution in [2.45, 2.75) is 25.1 Å². The Morgan fingerprint density at radius 3 is 2.83 bits per heavy atom. The van der Waals surface area contributed by atoms with Gasteiger partial charge in [0.15, 0.2) is 0 Å². The Balaban J connectivity index is 2.66. The van der Waals surface area contributed by atoms with E-state index in [9.17, 15) is 10.1 Å². The SMILES string of the molecule is COc1ccc([N+](=O)[O-])cc1CSCCC(C)N. The average molecular weight is 270 g/mol. The van der Waals surface area contributed by atoms with Crippen LogP contribution in [0.2, 0.25) is 0 Å². The van der Waals surface area contributed by atoms with Gasteiger partial charge in [-0.2, -0.15) is 11.8 Å². The molecular weight excluding hydrogens is 252 g/mol. The predicted octanol–water partition coefficient (Wildman–Crippen LogP) is 2.57. The topological polar surface area (TPSA) is 78.4 Å². The van der Waals surface area contributed by atoms with Crippen LogP contribution in [0, 0.1) is 10.1 Å². The van der Waals surface area contributed by atoms with Crippen LogP contribution in [-0.4, -0.2) is 23.8 Å². The molecule has 1 aromatic rings. The number of benzene rings is 1. The Kier molecular flexibility index (Phi) is 5.94. The third-order valence-electron chi connectivity index (χ3n) is 2.45. The lowest BCUT2D eigenvalue weighted by Crippen LogP contribution is -2.15. The van der Waals surface area contributed by atoms with E-state index in [4.69, 9.17) is 10.5 Å². The Labute approximate surface area is 111 Å². The molecule has 0 bridgehead atoms. The second kappa shape index (κ2) is 7.23. The molecule has 1 aromatic carbocycles. The maximum Gasteiger partial charge on any atom is 0.270 e. The molecule has 0 spiro atoms. The van der Waals surface area contributed by atoms with Crippen molar-refractivity contribution in [1.29, 1.82) is 0 Å². The Bertz CT molecular complexity index is 410. The number of thioether (sulfide) groups is 1. The van der Waals surface area contributed by atoms with Gasteiger partial charge < -0.3 is 10.5 Å². The van der Waals surface area contributed by atoms with E-state index in [0.717, 1.165) is 17.7 Å². The summed E-state index contributed by atoms with van der Waals surface area (Å²) >= 11 is 1.70. The lowest BCUT2D eigenvalue weighted by atomic mass is 10.2. The highest BCUT2D eigenvalue weighted by Crippen LogP contribution is 2.27. The van der Waals surface area contributed by atoms with E-state index in [1.165, 1.54) is 6.07 Å². The van der Waals surface area contributed by atoms with Crippen LogP contribution in [0.5, 0.6) is 5.75 Å². The summed E-state index contributed by atoms with van der Waals surface area (Å²) < 4.78 is 5.20. The first kappa shape index (κ1) is 14.8. The van der Waals surface area contributed by atoms with Gasteiger partial charge in [0.05, 0.1) is 12.0 Å². The number of hydrogen-bond donors (Lipinski definition) is 1. The number of nitrogens with two attached hydrogens (primary N) is 1. The zero-order valence-corrected chi connectivity index (χ0v) is 11.4. The van der Waals surface area contributed by atoms with Crippen LogP contribution >= 0.6 is 11.8 Å². The molecule has 0 saturated heterocycles. The molecule has 0 aromatic heterocycles. The van der Waals surface area contributed by atoms with E-state index in [2.05, 4.69) is 0 Å². The monoisotopic (exact) mass is 270 g/mol. The quantitative estimate of drug-likeness (QED) is 0.468. The van der Waals surface area contributed by atoms with Crippen molar-refractivity contribution in [3.05, 3.63) is 33.9 Å². The number of rotatable bonds is 7. The van der Waals surface area contributed by atoms with Crippen molar-refractivity contribution in [3.8, 4) is 5.75 Å². The second-order valence-electron chi connectivity index (χ2n) is 4.07. The van der Waals surface area contributed by atoms with Crippen LogP contribution in [0.15, 0.2) is 18.2 Å². The summed E-state index contributed by atoms with van der Waals surface area (Å²) in [6.07, 6.45) is 0.932. The minimum atomic E-state index is -0.393. The molecule has 0 radical (unpaired) electrons. The smallest absolute Gasteiger partial charge is 0.270 e. The first-order valence-electron chi connectivity index (χ1n) is 5.69. The molecule has 0 aliphatic rings. The summed E-state index contributed by atoms with van der Waals surface area (Å²) in [5.41, 5.74) is 6.61. The van der Waals surface area contributed by atoms with Gasteiger partial charge in [0, 0.05) is 29.5 Å². The van der Waals surface area contributed by atoms with Gasteiger partial charge >= 0.3 is 0 Å². The molecule has 1 atom stereocenters. The summed E-state index contributed by atoms with van der Waals surface area (Å²) in [6.45, 7) is 1.97. The molecule has 0 saturated carbocycles. The third kappa shape index (κ3) is 4.54. The van der Waals surface area contributed by atoms with Crippen LogP contribution in [0.4, 0.5) is 5.69 Å². The largest absolute Gasteiger partial charge is 0.496 e. The standard InChI is InChI=1S/C12H18N2O3S/c1-9(13)5-6-18-8-10-7-11(14(15)16)3-4-12(10)17-2/h3-4,7,9H,5-6,8,13H2,1-2H3. The van der Waals surface area contributed by atoms with Crippen LogP contribution in [0.3, 0.4) is 0 Å². The van der Waals surface area contributed by atoms with Crippen molar-refractivity contribution >= 4 is 17.4 Å². The Morgan fingerprint density at radius 2 is 2.28 bits per heavy atom. The molecule has 2 N–H and O–H groups in total. The lowest BCUT2D eigenvalue weighted by molar-refractivity contribution is -0.384. The highest BCUT2D eigenvalue weighted by Gasteiger charge is 2.11. The molecule has 0 aliphatic heterocycles. The van der Waals surface area contributed by atoms with Gasteiger partial charge in [-0.15, -0.1) is 0 Å². The maximum atomic E-state index is 10.7. The first-order chi connectivity index (χ1) is 8.54. The van der Waals surface area contributed by atoms with Crippen molar-refractivity contribution in [3.63, 3.8) is 0 Å². The summed E-state index contributed by atoms with van der Waals surface area (Å²) in [5.74, 6) is 2.31. The van der Waals surface area contributed by atoms with Crippen molar-refractivity contribution in [2.24, 2.45) is 5.73 Å². The number of non-ortho nitro benzene ring substituents is 1. The fourth-order valence-corrected chi connectivity index (χ4v) is 2.57. The fourth-order valence-electron chi connectivity index (χ4n) is 1.44. The molecule has 100 valence electrons. The molecule has 0 amide bonds. The number of nitro benzene ring substituents is 1. The number of hydrogen-bond acceptors (Lipinski definition) is 5. The number of nitrogens with zero attached hydrogens (tertiary/aromatic N) is 1. The molecular formula is C12H18N2O3S. The van der Waals surface area contributed by atoms with Gasteiger partial charge in [-0.1, -0.05) is 0 Å². The predicted molar refractivity (Wildman–Crippen MR) is 74.1 cm³/mol. The zero-order chi connectivity index (χ0) is 13.5. The lowest BCUT2D eigenvalue weighted by Gasteiger charge is -2.09. The second-order valence-corrected chi connectivity index (χ2v) is 5.18. The summed E-state index contributed by atoms with van der Waals surface area (Å²) in [6, 6.07) is 4.84. The summed E-state index contributed by atoms with van der Waals surface area (Å²) in [5, 5.41) is 10.7. The van der Waals surface area contributed by atoms with Gasteiger partial charge in [-0.3, -0.25) is 10.1 Å². The minimum absolute atomic E-state index is 0.0959. The first-order valence-corrected chi connectivity index (χ1v) is 6.84. The van der Waals surface area contributed by atoms with Crippen LogP contribution in [0.25, 0.3) is 0 Å². The van der Waals surface area contributed by atoms with Gasteiger partial charge in [0.1, 0.15) is 5.75 Å². The third-order valence-corrected chi connectivity index (χ3v) is 3.49. The molecule has 0 aliphatic carbocycles. The van der Waals surface area contributed by atoms with Crippen LogP contribution in [0.1, 0.15) is 18.9 Å². The van der Waals surface area contributed by atoms with Gasteiger partial charge in [-0.05, 0) is 25.2 Å². The van der Waals surface area contributed by atoms with E-state index < -0.39 is 4.92 Å². The van der Waals surface area contributed by atoms with E-state index >= 15 is 0 Å². The van der Waals surface area contributed by atoms with E-state index in [-0.39, 0.29) is 11.7 Å². The van der Waals surface area contributed by atoms with Gasteiger partial charge in [-0.25, -0.2) is 0 Å². The molecule has 1 rings (SSSR count). The van der Waals surface area contributed by atoms with E-state index in [0.29, 0.717) is 11.5 Å². The van der Waals surface area contributed by atoms with Gasteiger partial charge in [0.2, 0.25) is 0 Å². The van der Waals surface area contributed by atoms with Crippen LogP contribution < -0.4 is 10.5 Å². The maximum absolute atomic E-state index is 10.7. The normalized spacial score (nSPS) is 12.2. The van der Waals surface area contributed by atoms with Crippen LogP contribution in [-0.2, 0) is 5.75 Å². The number of methoxy groups -OCH3 is 1. The molecule has 5 nitrogen and oxygen atoms in total. The van der Waals surface area contributed by atoms with Crippen molar-refractivity contribution < 1.29 is 9.66 Å². The Hall–Kier alpha value is -1.27. The highest BCUT2D eigenvalue weighted by molar-refractivity contribution is 7.98. The zero-order valence-electron chi connectivity index (χ0n) is 10.6. The number of nitro groups is 1. The molecule has 0 fully saturated rings. The van der Waals surface area contributed by atoms with Crippen molar-refractivity contribution in [1.82, 2.24) is 0 Å². The summed E-state index contributed by atoms with van der Waals surface area (Å²) in [7, 11) is 1.57.